The minimum absolute atomic E-state index is 0.291. The van der Waals surface area contributed by atoms with E-state index < -0.39 is 13.4 Å². The van der Waals surface area contributed by atoms with Crippen molar-refractivity contribution in [2.24, 2.45) is 0 Å². The highest BCUT2D eigenvalue weighted by molar-refractivity contribution is 7.54. The van der Waals surface area contributed by atoms with Crippen LogP contribution in [0.15, 0.2) is 42.5 Å². The summed E-state index contributed by atoms with van der Waals surface area (Å²) < 4.78 is 30.7. The number of anilines is 1. The van der Waals surface area contributed by atoms with Crippen molar-refractivity contribution in [1.82, 2.24) is 0 Å². The van der Waals surface area contributed by atoms with Crippen LogP contribution in [0.1, 0.15) is 39.0 Å². The molecule has 28 heavy (non-hydrogen) atoms. The second kappa shape index (κ2) is 10.00. The minimum Gasteiger partial charge on any atom is -0.497 e. The van der Waals surface area contributed by atoms with Gasteiger partial charge < -0.3 is 19.1 Å². The van der Waals surface area contributed by atoms with Crippen LogP contribution in [0.4, 0.5) is 5.69 Å². The predicted octanol–water partition coefficient (Wildman–Crippen LogP) is 7.16. The third kappa shape index (κ3) is 6.13. The average Bonchev–Trinajstić information content (AvgIpc) is 2.61. The van der Waals surface area contributed by atoms with Gasteiger partial charge in [0.2, 0.25) is 0 Å². The van der Waals surface area contributed by atoms with Crippen LogP contribution in [0.3, 0.4) is 0 Å². The number of ether oxygens (including phenoxy) is 1. The van der Waals surface area contributed by atoms with Crippen LogP contribution in [0.2, 0.25) is 10.0 Å². The number of methoxy groups -OCH3 is 1. The molecule has 1 N–H and O–H groups in total. The van der Waals surface area contributed by atoms with Crippen molar-refractivity contribution in [3.63, 3.8) is 0 Å². The number of hydrogen-bond acceptors (Lipinski definition) is 5. The smallest absolute Gasteiger partial charge is 0.357 e. The van der Waals surface area contributed by atoms with Crippen LogP contribution < -0.4 is 10.1 Å². The first-order chi connectivity index (χ1) is 13.1. The Bertz CT molecular complexity index is 813. The van der Waals surface area contributed by atoms with E-state index in [0.717, 1.165) is 5.56 Å². The third-order valence-electron chi connectivity index (χ3n) is 3.69. The summed E-state index contributed by atoms with van der Waals surface area (Å²) in [5.41, 5.74) is 1.38. The summed E-state index contributed by atoms with van der Waals surface area (Å²) in [6.45, 7) is 7.28. The molecule has 0 aromatic heterocycles. The maximum Gasteiger partial charge on any atom is 0.357 e. The molecular formula is C20H26Cl2NO4P. The van der Waals surface area contributed by atoms with Gasteiger partial charge in [-0.15, -0.1) is 0 Å². The molecule has 0 aliphatic carbocycles. The molecule has 2 aromatic rings. The van der Waals surface area contributed by atoms with Gasteiger partial charge in [0, 0.05) is 5.69 Å². The summed E-state index contributed by atoms with van der Waals surface area (Å²) in [5.74, 6) is -0.0538. The Hall–Kier alpha value is -1.23. The van der Waals surface area contributed by atoms with Gasteiger partial charge in [0.1, 0.15) is 5.75 Å². The zero-order chi connectivity index (χ0) is 20.9. The van der Waals surface area contributed by atoms with Crippen LogP contribution in [0.5, 0.6) is 5.75 Å². The molecule has 154 valence electrons. The molecule has 0 fully saturated rings. The van der Waals surface area contributed by atoms with Crippen molar-refractivity contribution < 1.29 is 18.3 Å². The minimum atomic E-state index is -3.61. The monoisotopic (exact) mass is 445 g/mol. The van der Waals surface area contributed by atoms with Crippen LogP contribution in [0.25, 0.3) is 0 Å². The molecule has 0 bridgehead atoms. The molecule has 2 rings (SSSR count). The lowest BCUT2D eigenvalue weighted by atomic mass is 10.2. The molecule has 0 heterocycles. The zero-order valence-corrected chi connectivity index (χ0v) is 19.0. The van der Waals surface area contributed by atoms with Crippen LogP contribution >= 0.6 is 30.8 Å². The summed E-state index contributed by atoms with van der Waals surface area (Å²) in [4.78, 5) is 0. The number of rotatable bonds is 9. The van der Waals surface area contributed by atoms with E-state index in [-0.39, 0.29) is 12.2 Å². The van der Waals surface area contributed by atoms with Crippen LogP contribution in [-0.2, 0) is 13.6 Å². The molecule has 0 saturated heterocycles. The number of halogens is 2. The van der Waals surface area contributed by atoms with Gasteiger partial charge in [-0.1, -0.05) is 35.3 Å². The van der Waals surface area contributed by atoms with Gasteiger partial charge in [0.15, 0.2) is 5.78 Å². The van der Waals surface area contributed by atoms with Crippen molar-refractivity contribution in [3.05, 3.63) is 58.1 Å². The average molecular weight is 446 g/mol. The Morgan fingerprint density at radius 3 is 1.93 bits per heavy atom. The number of benzene rings is 2. The highest BCUT2D eigenvalue weighted by Crippen LogP contribution is 2.62. The highest BCUT2D eigenvalue weighted by atomic mass is 35.5. The molecule has 0 spiro atoms. The molecule has 0 aliphatic rings. The topological polar surface area (TPSA) is 56.8 Å². The van der Waals surface area contributed by atoms with E-state index in [1.165, 1.54) is 0 Å². The molecule has 0 aliphatic heterocycles. The normalized spacial score (nSPS) is 13.0. The van der Waals surface area contributed by atoms with Gasteiger partial charge in [-0.2, -0.15) is 0 Å². The summed E-state index contributed by atoms with van der Waals surface area (Å²) in [5, 5.41) is 4.09. The molecule has 2 aromatic carbocycles. The second-order valence-corrected chi connectivity index (χ2v) is 9.63. The Kier molecular flexibility index (Phi) is 8.23. The predicted molar refractivity (Wildman–Crippen MR) is 116 cm³/mol. The van der Waals surface area contributed by atoms with Gasteiger partial charge in [0.25, 0.3) is 0 Å². The lowest BCUT2D eigenvalue weighted by Crippen LogP contribution is -2.19. The second-order valence-electron chi connectivity index (χ2n) is 6.80. The molecule has 0 amide bonds. The fourth-order valence-corrected chi connectivity index (χ4v) is 5.22. The van der Waals surface area contributed by atoms with Gasteiger partial charge >= 0.3 is 7.60 Å². The summed E-state index contributed by atoms with van der Waals surface area (Å²) in [6, 6.07) is 12.4. The van der Waals surface area contributed by atoms with E-state index in [9.17, 15) is 4.57 Å². The number of nitrogens with one attached hydrogen (secondary N) is 1. The number of hydrogen-bond donors (Lipinski definition) is 1. The molecule has 5 nitrogen and oxygen atoms in total. The lowest BCUT2D eigenvalue weighted by molar-refractivity contribution is 0.138. The van der Waals surface area contributed by atoms with Gasteiger partial charge in [-0.25, -0.2) is 0 Å². The summed E-state index contributed by atoms with van der Waals surface area (Å²) in [7, 11) is -2.02. The third-order valence-corrected chi connectivity index (χ3v) is 6.92. The first-order valence-corrected chi connectivity index (χ1v) is 11.3. The summed E-state index contributed by atoms with van der Waals surface area (Å²) >= 11 is 12.2. The molecule has 1 atom stereocenters. The lowest BCUT2D eigenvalue weighted by Gasteiger charge is -2.31. The van der Waals surface area contributed by atoms with Gasteiger partial charge in [-0.05, 0) is 63.6 Å². The van der Waals surface area contributed by atoms with Gasteiger partial charge in [0.05, 0.1) is 29.4 Å². The van der Waals surface area contributed by atoms with Crippen LogP contribution in [0, 0.1) is 0 Å². The van der Waals surface area contributed by atoms with Crippen LogP contribution in [-0.4, -0.2) is 19.3 Å². The maximum absolute atomic E-state index is 13.8. The Labute approximate surface area is 176 Å². The first-order valence-electron chi connectivity index (χ1n) is 8.96. The quantitative estimate of drug-likeness (QED) is 0.415. The molecule has 8 heteroatoms. The molecular weight excluding hydrogens is 420 g/mol. The Morgan fingerprint density at radius 2 is 1.46 bits per heavy atom. The Morgan fingerprint density at radius 1 is 0.893 bits per heavy atom. The van der Waals surface area contributed by atoms with Crippen molar-refractivity contribution in [2.75, 3.05) is 12.4 Å². The van der Waals surface area contributed by atoms with E-state index in [1.807, 2.05) is 39.8 Å². The highest BCUT2D eigenvalue weighted by Gasteiger charge is 2.39. The van der Waals surface area contributed by atoms with Crippen molar-refractivity contribution >= 4 is 36.5 Å². The molecule has 0 unspecified atom stereocenters. The zero-order valence-electron chi connectivity index (χ0n) is 16.6. The fraction of sp³-hybridized carbons (Fsp3) is 0.400. The van der Waals surface area contributed by atoms with E-state index in [0.29, 0.717) is 21.5 Å². The largest absolute Gasteiger partial charge is 0.497 e. The maximum atomic E-state index is 13.8. The van der Waals surface area contributed by atoms with Gasteiger partial charge in [-0.3, -0.25) is 4.57 Å². The first kappa shape index (κ1) is 23.1. The van der Waals surface area contributed by atoms with E-state index >= 15 is 0 Å². The van der Waals surface area contributed by atoms with Crippen molar-refractivity contribution in [3.8, 4) is 5.75 Å². The van der Waals surface area contributed by atoms with E-state index in [1.54, 1.807) is 37.4 Å². The van der Waals surface area contributed by atoms with Crippen molar-refractivity contribution in [1.29, 1.82) is 0 Å². The summed E-state index contributed by atoms with van der Waals surface area (Å²) in [6.07, 6.45) is -0.582. The van der Waals surface area contributed by atoms with E-state index in [2.05, 4.69) is 5.32 Å². The SMILES string of the molecule is COc1ccc([C@@H](Nc2ccc(Cl)c(Cl)c2)P(=O)(OC(C)C)OC(C)C)cc1. The standard InChI is InChI=1S/C20H26Cl2NO4P/c1-13(2)26-28(24,27-14(3)4)20(15-6-9-17(25-5)10-7-15)23-16-8-11-18(21)19(22)12-16/h6-14,20,23H,1-5H3/t20-/m0/s1. The van der Waals surface area contributed by atoms with E-state index in [4.69, 9.17) is 37.0 Å². The molecule has 0 radical (unpaired) electrons. The van der Waals surface area contributed by atoms with Crippen molar-refractivity contribution in [2.45, 2.75) is 45.7 Å². The fourth-order valence-electron chi connectivity index (χ4n) is 2.61. The Balaban J connectivity index is 2.51. The molecule has 0 saturated carbocycles.